The van der Waals surface area contributed by atoms with Crippen LogP contribution in [-0.4, -0.2) is 20.6 Å². The summed E-state index contributed by atoms with van der Waals surface area (Å²) in [7, 11) is 0. The number of nitrogens with zero attached hydrogens (tertiary/aromatic N) is 2. The molecule has 106 valence electrons. The van der Waals surface area contributed by atoms with Crippen LogP contribution in [0.3, 0.4) is 0 Å². The zero-order valence-corrected chi connectivity index (χ0v) is 12.1. The lowest BCUT2D eigenvalue weighted by atomic mass is 10.2. The average molecular weight is 301 g/mol. The van der Waals surface area contributed by atoms with Crippen molar-refractivity contribution in [1.82, 2.24) is 9.55 Å². The second-order valence-corrected chi connectivity index (χ2v) is 5.29. The van der Waals surface area contributed by atoms with Crippen LogP contribution < -0.4 is 0 Å². The number of imidazole rings is 1. The SMILES string of the molecule is Cc1nc2c(C(=O)O)cccc2n1Cc1cccc(Cl)c1. The molecule has 0 bridgehead atoms. The molecular weight excluding hydrogens is 288 g/mol. The molecule has 0 radical (unpaired) electrons. The lowest BCUT2D eigenvalue weighted by molar-refractivity contribution is 0.0699. The number of carboxylic acid groups (broad SMARTS) is 1. The van der Waals surface area contributed by atoms with E-state index in [2.05, 4.69) is 4.98 Å². The monoisotopic (exact) mass is 300 g/mol. The molecule has 0 unspecified atom stereocenters. The van der Waals surface area contributed by atoms with E-state index in [0.717, 1.165) is 16.9 Å². The maximum atomic E-state index is 11.3. The predicted octanol–water partition coefficient (Wildman–Crippen LogP) is 3.74. The van der Waals surface area contributed by atoms with E-state index >= 15 is 0 Å². The molecule has 0 saturated carbocycles. The number of carboxylic acids is 1. The van der Waals surface area contributed by atoms with Crippen LogP contribution in [0.4, 0.5) is 0 Å². The van der Waals surface area contributed by atoms with Crippen LogP contribution in [0.25, 0.3) is 11.0 Å². The summed E-state index contributed by atoms with van der Waals surface area (Å²) in [6.45, 7) is 2.47. The molecule has 2 aromatic carbocycles. The highest BCUT2D eigenvalue weighted by Gasteiger charge is 2.15. The number of fused-ring (bicyclic) bond motifs is 1. The number of rotatable bonds is 3. The highest BCUT2D eigenvalue weighted by Crippen LogP contribution is 2.22. The molecule has 0 aliphatic heterocycles. The highest BCUT2D eigenvalue weighted by atomic mass is 35.5. The minimum atomic E-state index is -0.965. The van der Waals surface area contributed by atoms with E-state index in [4.69, 9.17) is 11.6 Å². The van der Waals surface area contributed by atoms with Crippen LogP contribution in [0, 0.1) is 6.92 Å². The third-order valence-electron chi connectivity index (χ3n) is 3.43. The summed E-state index contributed by atoms with van der Waals surface area (Å²) in [5.74, 6) is -0.188. The summed E-state index contributed by atoms with van der Waals surface area (Å²) in [6, 6.07) is 12.8. The van der Waals surface area contributed by atoms with Gasteiger partial charge < -0.3 is 9.67 Å². The fraction of sp³-hybridized carbons (Fsp3) is 0.125. The Labute approximate surface area is 126 Å². The number of para-hydroxylation sites is 1. The molecular formula is C16H13ClN2O2. The third-order valence-corrected chi connectivity index (χ3v) is 3.66. The van der Waals surface area contributed by atoms with Crippen LogP contribution in [0.2, 0.25) is 5.02 Å². The smallest absolute Gasteiger partial charge is 0.337 e. The first-order chi connectivity index (χ1) is 10.1. The maximum Gasteiger partial charge on any atom is 0.337 e. The van der Waals surface area contributed by atoms with Crippen molar-refractivity contribution in [2.45, 2.75) is 13.5 Å². The molecule has 5 heteroatoms. The van der Waals surface area contributed by atoms with Gasteiger partial charge in [0.2, 0.25) is 0 Å². The number of halogens is 1. The first-order valence-electron chi connectivity index (χ1n) is 6.50. The zero-order chi connectivity index (χ0) is 15.0. The van der Waals surface area contributed by atoms with Gasteiger partial charge in [-0.25, -0.2) is 9.78 Å². The number of hydrogen-bond acceptors (Lipinski definition) is 2. The van der Waals surface area contributed by atoms with Gasteiger partial charge in [0.15, 0.2) is 0 Å². The summed E-state index contributed by atoms with van der Waals surface area (Å²) in [5.41, 5.74) is 2.60. The molecule has 3 aromatic rings. The number of carbonyl (C=O) groups is 1. The minimum absolute atomic E-state index is 0.223. The molecule has 3 rings (SSSR count). The normalized spacial score (nSPS) is 11.0. The van der Waals surface area contributed by atoms with Gasteiger partial charge >= 0.3 is 5.97 Å². The van der Waals surface area contributed by atoms with Crippen molar-refractivity contribution >= 4 is 28.6 Å². The molecule has 21 heavy (non-hydrogen) atoms. The minimum Gasteiger partial charge on any atom is -0.478 e. The molecule has 0 atom stereocenters. The van der Waals surface area contributed by atoms with Gasteiger partial charge in [-0.15, -0.1) is 0 Å². The van der Waals surface area contributed by atoms with Crippen molar-refractivity contribution in [3.63, 3.8) is 0 Å². The summed E-state index contributed by atoms with van der Waals surface area (Å²) in [4.78, 5) is 15.7. The molecule has 1 heterocycles. The van der Waals surface area contributed by atoms with Crippen LogP contribution >= 0.6 is 11.6 Å². The molecule has 0 spiro atoms. The van der Waals surface area contributed by atoms with E-state index < -0.39 is 5.97 Å². The van der Waals surface area contributed by atoms with E-state index in [-0.39, 0.29) is 5.56 Å². The topological polar surface area (TPSA) is 55.1 Å². The molecule has 0 amide bonds. The Morgan fingerprint density at radius 1 is 1.29 bits per heavy atom. The van der Waals surface area contributed by atoms with Crippen molar-refractivity contribution in [2.24, 2.45) is 0 Å². The highest BCUT2D eigenvalue weighted by molar-refractivity contribution is 6.30. The van der Waals surface area contributed by atoms with Gasteiger partial charge in [0.1, 0.15) is 11.3 Å². The number of aryl methyl sites for hydroxylation is 1. The van der Waals surface area contributed by atoms with Gasteiger partial charge in [-0.05, 0) is 36.8 Å². The lowest BCUT2D eigenvalue weighted by Crippen LogP contribution is -2.02. The molecule has 0 aliphatic rings. The van der Waals surface area contributed by atoms with E-state index in [1.165, 1.54) is 0 Å². The second kappa shape index (κ2) is 5.22. The van der Waals surface area contributed by atoms with Gasteiger partial charge in [0.25, 0.3) is 0 Å². The summed E-state index contributed by atoms with van der Waals surface area (Å²) >= 11 is 6.01. The Morgan fingerprint density at radius 2 is 2.05 bits per heavy atom. The number of hydrogen-bond donors (Lipinski definition) is 1. The zero-order valence-electron chi connectivity index (χ0n) is 11.4. The first-order valence-corrected chi connectivity index (χ1v) is 6.87. The van der Waals surface area contributed by atoms with Gasteiger partial charge in [-0.2, -0.15) is 0 Å². The number of aromatic nitrogens is 2. The van der Waals surface area contributed by atoms with Crippen molar-refractivity contribution in [1.29, 1.82) is 0 Å². The molecule has 1 N–H and O–H groups in total. The van der Waals surface area contributed by atoms with Gasteiger partial charge in [-0.1, -0.05) is 29.8 Å². The van der Waals surface area contributed by atoms with E-state index in [0.29, 0.717) is 17.1 Å². The molecule has 4 nitrogen and oxygen atoms in total. The fourth-order valence-electron chi connectivity index (χ4n) is 2.45. The Balaban J connectivity index is 2.13. The summed E-state index contributed by atoms with van der Waals surface area (Å²) < 4.78 is 1.99. The van der Waals surface area contributed by atoms with Crippen LogP contribution in [-0.2, 0) is 6.54 Å². The van der Waals surface area contributed by atoms with Crippen molar-refractivity contribution < 1.29 is 9.90 Å². The second-order valence-electron chi connectivity index (χ2n) is 4.85. The van der Waals surface area contributed by atoms with Crippen LogP contribution in [0.1, 0.15) is 21.7 Å². The standard InChI is InChI=1S/C16H13ClN2O2/c1-10-18-15-13(16(20)21)6-3-7-14(15)19(10)9-11-4-2-5-12(17)8-11/h2-8H,9H2,1H3,(H,20,21). The summed E-state index contributed by atoms with van der Waals surface area (Å²) in [6.07, 6.45) is 0. The van der Waals surface area contributed by atoms with E-state index in [9.17, 15) is 9.90 Å². The molecule has 0 aliphatic carbocycles. The molecule has 0 fully saturated rings. The average Bonchev–Trinajstić information content (AvgIpc) is 2.75. The number of benzene rings is 2. The third kappa shape index (κ3) is 2.50. The van der Waals surface area contributed by atoms with Gasteiger partial charge in [0.05, 0.1) is 11.1 Å². The predicted molar refractivity (Wildman–Crippen MR) is 82.0 cm³/mol. The molecule has 1 aromatic heterocycles. The fourth-order valence-corrected chi connectivity index (χ4v) is 2.67. The Morgan fingerprint density at radius 3 is 2.76 bits per heavy atom. The van der Waals surface area contributed by atoms with Crippen LogP contribution in [0.15, 0.2) is 42.5 Å². The van der Waals surface area contributed by atoms with E-state index in [1.54, 1.807) is 12.1 Å². The van der Waals surface area contributed by atoms with Gasteiger partial charge in [-0.3, -0.25) is 0 Å². The number of aromatic carboxylic acids is 1. The van der Waals surface area contributed by atoms with Crippen molar-refractivity contribution in [3.8, 4) is 0 Å². The van der Waals surface area contributed by atoms with E-state index in [1.807, 2.05) is 41.8 Å². The summed E-state index contributed by atoms with van der Waals surface area (Å²) in [5, 5.41) is 9.92. The maximum absolute atomic E-state index is 11.3. The van der Waals surface area contributed by atoms with Crippen molar-refractivity contribution in [2.75, 3.05) is 0 Å². The largest absolute Gasteiger partial charge is 0.478 e. The Kier molecular flexibility index (Phi) is 3.39. The Hall–Kier alpha value is -2.33. The van der Waals surface area contributed by atoms with Crippen LogP contribution in [0.5, 0.6) is 0 Å². The molecule has 0 saturated heterocycles. The lowest BCUT2D eigenvalue weighted by Gasteiger charge is -2.07. The quantitative estimate of drug-likeness (QED) is 0.801. The van der Waals surface area contributed by atoms with Gasteiger partial charge in [0, 0.05) is 11.6 Å². The Bertz CT molecular complexity index is 839. The van der Waals surface area contributed by atoms with Crippen molar-refractivity contribution in [3.05, 3.63) is 64.4 Å². The first kappa shape index (κ1) is 13.6.